The highest BCUT2D eigenvalue weighted by atomic mass is 31.2. The molecule has 0 atom stereocenters. The van der Waals surface area contributed by atoms with Crippen LogP contribution in [-0.2, 0) is 29.6 Å². The molecule has 12 heteroatoms. The molecule has 0 aliphatic rings. The maximum Gasteiger partial charge on any atom is 0.477 e. The van der Waals surface area contributed by atoms with Gasteiger partial charge in [-0.2, -0.15) is 0 Å². The summed E-state index contributed by atoms with van der Waals surface area (Å²) in [7, 11) is -2.45. The van der Waals surface area contributed by atoms with Gasteiger partial charge in [0.25, 0.3) is 5.56 Å². The number of pyridine rings is 1. The Morgan fingerprint density at radius 1 is 0.951 bits per heavy atom. The number of rotatable bonds is 11. The fourth-order valence-electron chi connectivity index (χ4n) is 4.01. The zero-order valence-electron chi connectivity index (χ0n) is 24.5. The van der Waals surface area contributed by atoms with Crippen molar-refractivity contribution in [1.82, 2.24) is 19.1 Å². The number of aromatic nitrogens is 4. The minimum Gasteiger partial charge on any atom is -0.491 e. The Kier molecular flexibility index (Phi) is 9.16. The van der Waals surface area contributed by atoms with E-state index in [2.05, 4.69) is 9.97 Å². The van der Waals surface area contributed by atoms with Gasteiger partial charge in [0, 0.05) is 25.1 Å². The molecule has 1 aromatic carbocycles. The highest BCUT2D eigenvalue weighted by molar-refractivity contribution is 7.48. The van der Waals surface area contributed by atoms with Crippen molar-refractivity contribution in [2.45, 2.75) is 59.5 Å². The molecule has 0 N–H and O–H groups in total. The maximum atomic E-state index is 13.9. The van der Waals surface area contributed by atoms with E-state index in [1.807, 2.05) is 47.2 Å². The van der Waals surface area contributed by atoms with E-state index < -0.39 is 25.8 Å². The second kappa shape index (κ2) is 12.3. The van der Waals surface area contributed by atoms with E-state index in [9.17, 15) is 9.36 Å². The van der Waals surface area contributed by atoms with Crippen LogP contribution >= 0.6 is 7.82 Å². The molecule has 0 amide bonds. The van der Waals surface area contributed by atoms with E-state index in [1.54, 1.807) is 61.0 Å². The lowest BCUT2D eigenvalue weighted by molar-refractivity contribution is -0.00655. The summed E-state index contributed by atoms with van der Waals surface area (Å²) < 4.78 is 44.4. The Labute approximate surface area is 239 Å². The number of ether oxygens (including phenoxy) is 2. The highest BCUT2D eigenvalue weighted by Crippen LogP contribution is 2.55. The topological polar surface area (TPSA) is 116 Å². The van der Waals surface area contributed by atoms with Crippen molar-refractivity contribution in [2.75, 3.05) is 20.3 Å². The van der Waals surface area contributed by atoms with Crippen LogP contribution in [0.15, 0.2) is 66.1 Å². The van der Waals surface area contributed by atoms with Gasteiger partial charge in [0.05, 0.1) is 35.1 Å². The lowest BCUT2D eigenvalue weighted by atomic mass is 10.1. The van der Waals surface area contributed by atoms with E-state index in [0.717, 1.165) is 11.3 Å². The monoisotopic (exact) mass is 584 g/mol. The van der Waals surface area contributed by atoms with Crippen molar-refractivity contribution in [3.8, 4) is 22.6 Å². The molecule has 0 aliphatic heterocycles. The molecule has 0 bridgehead atoms. The average molecular weight is 585 g/mol. The first kappa shape index (κ1) is 30.6. The first-order valence-corrected chi connectivity index (χ1v) is 14.6. The van der Waals surface area contributed by atoms with Crippen LogP contribution in [0.5, 0.6) is 5.75 Å². The number of hydrogen-bond donors (Lipinski definition) is 0. The second-order valence-corrected chi connectivity index (χ2v) is 12.8. The van der Waals surface area contributed by atoms with Gasteiger partial charge in [-0.15, -0.1) is 0 Å². The molecule has 0 saturated carbocycles. The second-order valence-electron chi connectivity index (χ2n) is 11.3. The number of hydrogen-bond acceptors (Lipinski definition) is 9. The first-order valence-electron chi connectivity index (χ1n) is 13.2. The fraction of sp³-hybridized carbons (Fsp3) is 0.414. The van der Waals surface area contributed by atoms with Crippen LogP contribution in [0.2, 0.25) is 0 Å². The lowest BCUT2D eigenvalue weighted by Crippen LogP contribution is -2.27. The number of fused-ring (bicyclic) bond motifs is 1. The quantitative estimate of drug-likeness (QED) is 0.155. The number of methoxy groups -OCH3 is 1. The van der Waals surface area contributed by atoms with E-state index >= 15 is 0 Å². The van der Waals surface area contributed by atoms with Gasteiger partial charge in [-0.3, -0.25) is 32.5 Å². The number of nitrogens with zero attached hydrogens (tertiary/aromatic N) is 4. The van der Waals surface area contributed by atoms with Crippen molar-refractivity contribution in [2.24, 2.45) is 0 Å². The van der Waals surface area contributed by atoms with E-state index in [4.69, 9.17) is 23.0 Å². The van der Waals surface area contributed by atoms with Crippen LogP contribution in [0.25, 0.3) is 27.8 Å². The van der Waals surface area contributed by atoms with Gasteiger partial charge in [0.2, 0.25) is 0 Å². The number of phosphoric ester groups is 1. The van der Waals surface area contributed by atoms with Crippen LogP contribution < -0.4 is 10.3 Å². The van der Waals surface area contributed by atoms with E-state index in [0.29, 0.717) is 35.6 Å². The third-order valence-electron chi connectivity index (χ3n) is 5.55. The zero-order chi connectivity index (χ0) is 29.8. The SMILES string of the molecule is COCCOc1ccc(-c2cn(-c3cccnc3)c3ncn(COP(=O)(OC(C)(C)C)OC(C)(C)C)c(=O)c23)cc1. The molecule has 3 aromatic heterocycles. The summed E-state index contributed by atoms with van der Waals surface area (Å²) in [5.74, 6) is 0.680. The molecule has 0 aliphatic carbocycles. The van der Waals surface area contributed by atoms with Crippen LogP contribution in [0.4, 0.5) is 0 Å². The predicted molar refractivity (Wildman–Crippen MR) is 156 cm³/mol. The Bertz CT molecular complexity index is 1550. The fourth-order valence-corrected chi connectivity index (χ4v) is 5.76. The van der Waals surface area contributed by atoms with Crippen molar-refractivity contribution < 1.29 is 27.6 Å². The molecular weight excluding hydrogens is 547 g/mol. The molecule has 0 unspecified atom stereocenters. The maximum absolute atomic E-state index is 13.9. The summed E-state index contributed by atoms with van der Waals surface area (Å²) >= 11 is 0. The van der Waals surface area contributed by atoms with Crippen molar-refractivity contribution in [1.29, 1.82) is 0 Å². The highest BCUT2D eigenvalue weighted by Gasteiger charge is 2.37. The molecule has 4 rings (SSSR count). The molecular formula is C29H37N4O7P. The van der Waals surface area contributed by atoms with Gasteiger partial charge in [-0.25, -0.2) is 9.55 Å². The first-order chi connectivity index (χ1) is 19.3. The number of benzene rings is 1. The van der Waals surface area contributed by atoms with E-state index in [1.165, 1.54) is 10.9 Å². The van der Waals surface area contributed by atoms with Crippen LogP contribution in [0.1, 0.15) is 41.5 Å². The summed E-state index contributed by atoms with van der Waals surface area (Å²) in [5, 5.41) is 0.358. The summed E-state index contributed by atoms with van der Waals surface area (Å²) in [6.07, 6.45) is 6.56. The van der Waals surface area contributed by atoms with Gasteiger partial charge in [0.15, 0.2) is 5.65 Å². The Morgan fingerprint density at radius 2 is 1.63 bits per heavy atom. The van der Waals surface area contributed by atoms with E-state index in [-0.39, 0.29) is 5.56 Å². The summed E-state index contributed by atoms with van der Waals surface area (Å²) in [5.41, 5.74) is 0.598. The summed E-state index contributed by atoms with van der Waals surface area (Å²) in [6.45, 7) is 11.0. The minimum atomic E-state index is -4.06. The van der Waals surface area contributed by atoms with Gasteiger partial charge in [-0.1, -0.05) is 12.1 Å². The minimum absolute atomic E-state index is 0.358. The van der Waals surface area contributed by atoms with Crippen molar-refractivity contribution >= 4 is 18.9 Å². The Morgan fingerprint density at radius 3 is 2.22 bits per heavy atom. The van der Waals surface area contributed by atoms with Crippen molar-refractivity contribution in [3.63, 3.8) is 0 Å². The largest absolute Gasteiger partial charge is 0.491 e. The van der Waals surface area contributed by atoms with Gasteiger partial charge >= 0.3 is 7.82 Å². The summed E-state index contributed by atoms with van der Waals surface area (Å²) in [6, 6.07) is 11.1. The van der Waals surface area contributed by atoms with Gasteiger partial charge < -0.3 is 9.47 Å². The summed E-state index contributed by atoms with van der Waals surface area (Å²) in [4.78, 5) is 22.7. The van der Waals surface area contributed by atoms with Gasteiger partial charge in [0.1, 0.15) is 25.4 Å². The molecule has 41 heavy (non-hydrogen) atoms. The predicted octanol–water partition coefficient (Wildman–Crippen LogP) is 5.99. The van der Waals surface area contributed by atoms with Crippen LogP contribution in [0, 0.1) is 0 Å². The van der Waals surface area contributed by atoms with Gasteiger partial charge in [-0.05, 0) is 71.4 Å². The molecule has 4 aromatic rings. The van der Waals surface area contributed by atoms with Crippen LogP contribution in [0.3, 0.4) is 0 Å². The standard InChI is InChI=1S/C29H37N4O7P/c1-28(2,3)39-41(35,40-29(4,5)6)38-20-32-19-31-26-25(27(32)34)24(18-33(26)22-9-8-14-30-17-22)21-10-12-23(13-11-21)37-16-15-36-7/h8-14,17-19H,15-16,20H2,1-7H3. The zero-order valence-corrected chi connectivity index (χ0v) is 25.4. The molecule has 0 spiro atoms. The smallest absolute Gasteiger partial charge is 0.477 e. The number of phosphoric acid groups is 1. The molecule has 0 radical (unpaired) electrons. The molecule has 3 heterocycles. The third-order valence-corrected chi connectivity index (χ3v) is 7.52. The molecule has 0 fully saturated rings. The average Bonchev–Trinajstić information content (AvgIpc) is 3.28. The third kappa shape index (κ3) is 7.90. The lowest BCUT2D eigenvalue weighted by Gasteiger charge is -2.30. The normalized spacial score (nSPS) is 12.7. The van der Waals surface area contributed by atoms with Crippen LogP contribution in [-0.4, -0.2) is 50.6 Å². The Balaban J connectivity index is 1.76. The Hall–Kier alpha value is -3.34. The molecule has 11 nitrogen and oxygen atoms in total. The molecule has 220 valence electrons. The van der Waals surface area contributed by atoms with Crippen molar-refractivity contribution in [3.05, 3.63) is 71.7 Å². The molecule has 0 saturated heterocycles.